The Bertz CT molecular complexity index is 524. The Morgan fingerprint density at radius 1 is 1.53 bits per heavy atom. The molecular formula is C12H13BrFN3. The first-order valence-electron chi connectivity index (χ1n) is 5.24. The second-order valence-corrected chi connectivity index (χ2v) is 4.91. The summed E-state index contributed by atoms with van der Waals surface area (Å²) in [7, 11) is 1.84. The quantitative estimate of drug-likeness (QED) is 0.946. The summed E-state index contributed by atoms with van der Waals surface area (Å²) in [6.07, 6.45) is 4.20. The fourth-order valence-electron chi connectivity index (χ4n) is 1.74. The van der Waals surface area contributed by atoms with Crippen LogP contribution in [0, 0.1) is 5.82 Å². The first kappa shape index (κ1) is 12.3. The van der Waals surface area contributed by atoms with Crippen LogP contribution in [0.5, 0.6) is 0 Å². The molecule has 2 N–H and O–H groups in total. The van der Waals surface area contributed by atoms with Crippen LogP contribution in [-0.4, -0.2) is 9.78 Å². The number of aryl methyl sites for hydroxylation is 1. The molecule has 0 saturated heterocycles. The first-order chi connectivity index (χ1) is 8.06. The second kappa shape index (κ2) is 4.98. The van der Waals surface area contributed by atoms with Crippen LogP contribution >= 0.6 is 15.9 Å². The highest BCUT2D eigenvalue weighted by atomic mass is 79.9. The van der Waals surface area contributed by atoms with Gasteiger partial charge in [0.15, 0.2) is 0 Å². The maximum atomic E-state index is 13.6. The molecule has 90 valence electrons. The summed E-state index contributed by atoms with van der Waals surface area (Å²) in [5.74, 6) is -0.274. The van der Waals surface area contributed by atoms with E-state index >= 15 is 0 Å². The van der Waals surface area contributed by atoms with Crippen molar-refractivity contribution in [1.82, 2.24) is 9.78 Å². The minimum Gasteiger partial charge on any atom is -0.324 e. The summed E-state index contributed by atoms with van der Waals surface area (Å²) >= 11 is 3.32. The number of nitrogens with zero attached hydrogens (tertiary/aromatic N) is 2. The minimum atomic E-state index is -0.364. The van der Waals surface area contributed by atoms with Gasteiger partial charge in [0, 0.05) is 29.3 Å². The van der Waals surface area contributed by atoms with Crippen LogP contribution < -0.4 is 5.73 Å². The van der Waals surface area contributed by atoms with Gasteiger partial charge in [0.05, 0.1) is 6.20 Å². The van der Waals surface area contributed by atoms with E-state index in [0.717, 1.165) is 10.0 Å². The number of benzene rings is 1. The van der Waals surface area contributed by atoms with Crippen LogP contribution in [0.15, 0.2) is 35.1 Å². The van der Waals surface area contributed by atoms with Crippen molar-refractivity contribution in [2.75, 3.05) is 0 Å². The van der Waals surface area contributed by atoms with Crippen molar-refractivity contribution < 1.29 is 4.39 Å². The summed E-state index contributed by atoms with van der Waals surface area (Å²) in [6.45, 7) is 0. The standard InChI is InChI=1S/C12H13BrFN3/c1-17-7-8(6-16-17)4-12(15)10-5-9(13)2-3-11(10)14/h2-3,5-7,12H,4,15H2,1H3. The van der Waals surface area contributed by atoms with E-state index in [1.165, 1.54) is 6.07 Å². The Labute approximate surface area is 108 Å². The summed E-state index contributed by atoms with van der Waals surface area (Å²) in [5.41, 5.74) is 7.52. The Hall–Kier alpha value is -1.20. The fourth-order valence-corrected chi connectivity index (χ4v) is 2.12. The van der Waals surface area contributed by atoms with Gasteiger partial charge in [-0.2, -0.15) is 5.10 Å². The lowest BCUT2D eigenvalue weighted by molar-refractivity contribution is 0.580. The number of nitrogens with two attached hydrogens (primary N) is 1. The molecule has 0 amide bonds. The largest absolute Gasteiger partial charge is 0.324 e. The average molecular weight is 298 g/mol. The molecular weight excluding hydrogens is 285 g/mol. The summed E-state index contributed by atoms with van der Waals surface area (Å²) in [4.78, 5) is 0. The van der Waals surface area contributed by atoms with Gasteiger partial charge in [-0.3, -0.25) is 4.68 Å². The molecule has 0 aliphatic carbocycles. The molecule has 0 fully saturated rings. The van der Waals surface area contributed by atoms with Gasteiger partial charge >= 0.3 is 0 Å². The molecule has 1 aromatic carbocycles. The van der Waals surface area contributed by atoms with Crippen LogP contribution in [0.4, 0.5) is 4.39 Å². The summed E-state index contributed by atoms with van der Waals surface area (Å²) in [5, 5.41) is 4.06. The SMILES string of the molecule is Cn1cc(CC(N)c2cc(Br)ccc2F)cn1. The molecule has 0 aliphatic rings. The highest BCUT2D eigenvalue weighted by molar-refractivity contribution is 9.10. The molecule has 2 aromatic rings. The van der Waals surface area contributed by atoms with Crippen molar-refractivity contribution in [3.05, 3.63) is 52.0 Å². The zero-order valence-electron chi connectivity index (χ0n) is 9.40. The predicted octanol–water partition coefficient (Wildman–Crippen LogP) is 2.56. The molecule has 0 aliphatic heterocycles. The van der Waals surface area contributed by atoms with E-state index < -0.39 is 0 Å². The summed E-state index contributed by atoms with van der Waals surface area (Å²) in [6, 6.07) is 4.44. The Morgan fingerprint density at radius 2 is 2.29 bits per heavy atom. The van der Waals surface area contributed by atoms with Crippen LogP contribution in [0.2, 0.25) is 0 Å². The number of halogens is 2. The zero-order chi connectivity index (χ0) is 12.4. The Morgan fingerprint density at radius 3 is 2.94 bits per heavy atom. The van der Waals surface area contributed by atoms with Crippen molar-refractivity contribution in [1.29, 1.82) is 0 Å². The molecule has 0 spiro atoms. The van der Waals surface area contributed by atoms with Crippen molar-refractivity contribution >= 4 is 15.9 Å². The third kappa shape index (κ3) is 2.92. The molecule has 5 heteroatoms. The topological polar surface area (TPSA) is 43.8 Å². The smallest absolute Gasteiger partial charge is 0.128 e. The Kier molecular flexibility index (Phi) is 3.59. The average Bonchev–Trinajstić information content (AvgIpc) is 2.67. The highest BCUT2D eigenvalue weighted by Gasteiger charge is 2.13. The summed E-state index contributed by atoms with van der Waals surface area (Å²) < 4.78 is 16.1. The van der Waals surface area contributed by atoms with Crippen molar-refractivity contribution in [3.63, 3.8) is 0 Å². The monoisotopic (exact) mass is 297 g/mol. The normalized spacial score (nSPS) is 12.7. The number of rotatable bonds is 3. The highest BCUT2D eigenvalue weighted by Crippen LogP contribution is 2.22. The lowest BCUT2D eigenvalue weighted by Gasteiger charge is -2.12. The molecule has 1 aromatic heterocycles. The zero-order valence-corrected chi connectivity index (χ0v) is 11.0. The third-order valence-corrected chi connectivity index (χ3v) is 3.06. The van der Waals surface area contributed by atoms with E-state index in [1.807, 2.05) is 13.2 Å². The van der Waals surface area contributed by atoms with Gasteiger partial charge < -0.3 is 5.73 Å². The van der Waals surface area contributed by atoms with Crippen molar-refractivity contribution in [2.24, 2.45) is 12.8 Å². The van der Waals surface area contributed by atoms with E-state index in [9.17, 15) is 4.39 Å². The molecule has 0 bridgehead atoms. The van der Waals surface area contributed by atoms with Crippen LogP contribution in [0.3, 0.4) is 0 Å². The van der Waals surface area contributed by atoms with Gasteiger partial charge in [-0.05, 0) is 30.2 Å². The first-order valence-corrected chi connectivity index (χ1v) is 6.03. The lowest BCUT2D eigenvalue weighted by Crippen LogP contribution is -2.14. The second-order valence-electron chi connectivity index (χ2n) is 4.00. The van der Waals surface area contributed by atoms with Gasteiger partial charge in [-0.15, -0.1) is 0 Å². The van der Waals surface area contributed by atoms with Crippen molar-refractivity contribution in [2.45, 2.75) is 12.5 Å². The fraction of sp³-hybridized carbons (Fsp3) is 0.250. The molecule has 1 heterocycles. The molecule has 17 heavy (non-hydrogen) atoms. The molecule has 1 atom stereocenters. The molecule has 2 rings (SSSR count). The molecule has 0 radical (unpaired) electrons. The van der Waals surface area contributed by atoms with Crippen molar-refractivity contribution in [3.8, 4) is 0 Å². The molecule has 1 unspecified atom stereocenters. The number of hydrogen-bond donors (Lipinski definition) is 1. The van der Waals surface area contributed by atoms with Gasteiger partial charge in [-0.25, -0.2) is 4.39 Å². The Balaban J connectivity index is 2.19. The predicted molar refractivity (Wildman–Crippen MR) is 67.9 cm³/mol. The van der Waals surface area contributed by atoms with Crippen LogP contribution in [-0.2, 0) is 13.5 Å². The van der Waals surface area contributed by atoms with Gasteiger partial charge in [0.25, 0.3) is 0 Å². The van der Waals surface area contributed by atoms with Crippen LogP contribution in [0.25, 0.3) is 0 Å². The van der Waals surface area contributed by atoms with E-state index in [2.05, 4.69) is 21.0 Å². The van der Waals surface area contributed by atoms with E-state index in [1.54, 1.807) is 23.0 Å². The minimum absolute atomic E-state index is 0.274. The maximum Gasteiger partial charge on any atom is 0.128 e. The van der Waals surface area contributed by atoms with Gasteiger partial charge in [-0.1, -0.05) is 15.9 Å². The van der Waals surface area contributed by atoms with E-state index in [-0.39, 0.29) is 11.9 Å². The third-order valence-electron chi connectivity index (χ3n) is 2.57. The van der Waals surface area contributed by atoms with E-state index in [4.69, 9.17) is 5.73 Å². The molecule has 3 nitrogen and oxygen atoms in total. The number of hydrogen-bond acceptors (Lipinski definition) is 2. The van der Waals surface area contributed by atoms with Gasteiger partial charge in [0.2, 0.25) is 0 Å². The lowest BCUT2D eigenvalue weighted by atomic mass is 10.0. The molecule has 0 saturated carbocycles. The number of aromatic nitrogens is 2. The maximum absolute atomic E-state index is 13.6. The van der Waals surface area contributed by atoms with Gasteiger partial charge in [0.1, 0.15) is 5.82 Å². The van der Waals surface area contributed by atoms with Crippen LogP contribution in [0.1, 0.15) is 17.2 Å². The van der Waals surface area contributed by atoms with E-state index in [0.29, 0.717) is 12.0 Å².